The van der Waals surface area contributed by atoms with Gasteiger partial charge in [0.05, 0.1) is 13.2 Å². The molecule has 26 heavy (non-hydrogen) atoms. The van der Waals surface area contributed by atoms with Crippen LogP contribution in [0.25, 0.3) is 17.0 Å². The van der Waals surface area contributed by atoms with Crippen molar-refractivity contribution in [3.05, 3.63) is 54.2 Å². The van der Waals surface area contributed by atoms with E-state index in [1.165, 1.54) is 0 Å². The number of ether oxygens (including phenoxy) is 1. The summed E-state index contributed by atoms with van der Waals surface area (Å²) in [6.07, 6.45) is 1.84. The Kier molecular flexibility index (Phi) is 4.90. The predicted octanol–water partition coefficient (Wildman–Crippen LogP) is 1.46. The minimum Gasteiger partial charge on any atom is -0.379 e. The first-order valence-corrected chi connectivity index (χ1v) is 8.80. The zero-order valence-corrected chi connectivity index (χ0v) is 14.5. The van der Waals surface area contributed by atoms with E-state index in [-0.39, 0.29) is 5.91 Å². The second-order valence-electron chi connectivity index (χ2n) is 6.24. The third-order valence-electron chi connectivity index (χ3n) is 4.52. The van der Waals surface area contributed by atoms with Crippen LogP contribution in [0, 0.1) is 0 Å². The van der Waals surface area contributed by atoms with Crippen molar-refractivity contribution >= 4 is 11.6 Å². The highest BCUT2D eigenvalue weighted by atomic mass is 16.5. The maximum Gasteiger partial charge on any atom is 0.251 e. The summed E-state index contributed by atoms with van der Waals surface area (Å²) in [5.41, 5.74) is 2.24. The predicted molar refractivity (Wildman–Crippen MR) is 98.0 cm³/mol. The lowest BCUT2D eigenvalue weighted by Gasteiger charge is -2.26. The molecule has 4 rings (SSSR count). The van der Waals surface area contributed by atoms with E-state index in [9.17, 15) is 4.79 Å². The standard InChI is InChI=1S/C19H21N5O2/c25-19(20-7-9-23-10-12-26-13-11-23)16-6-8-24-17(14-16)21-22-18(24)15-4-2-1-3-5-15/h1-6,8,14H,7,9-13H2,(H,20,25). The number of carbonyl (C=O) groups is 1. The van der Waals surface area contributed by atoms with Crippen LogP contribution in [0.5, 0.6) is 0 Å². The van der Waals surface area contributed by atoms with Gasteiger partial charge in [0.1, 0.15) is 0 Å². The van der Waals surface area contributed by atoms with Crippen molar-refractivity contribution in [3.63, 3.8) is 0 Å². The van der Waals surface area contributed by atoms with E-state index in [4.69, 9.17) is 4.74 Å². The number of carbonyl (C=O) groups excluding carboxylic acids is 1. The van der Waals surface area contributed by atoms with Gasteiger partial charge in [0.25, 0.3) is 5.91 Å². The van der Waals surface area contributed by atoms with Crippen molar-refractivity contribution in [1.29, 1.82) is 0 Å². The summed E-state index contributed by atoms with van der Waals surface area (Å²) in [6.45, 7) is 4.82. The van der Waals surface area contributed by atoms with Crippen LogP contribution < -0.4 is 5.32 Å². The highest BCUT2D eigenvalue weighted by Gasteiger charge is 2.13. The molecule has 1 fully saturated rings. The molecule has 1 aliphatic rings. The molecular formula is C19H21N5O2. The number of nitrogens with zero attached hydrogens (tertiary/aromatic N) is 4. The number of aromatic nitrogens is 3. The molecule has 1 saturated heterocycles. The van der Waals surface area contributed by atoms with E-state index in [1.54, 1.807) is 12.1 Å². The number of nitrogens with one attached hydrogen (secondary N) is 1. The minimum absolute atomic E-state index is 0.0926. The maximum absolute atomic E-state index is 12.4. The zero-order chi connectivity index (χ0) is 17.8. The molecule has 0 radical (unpaired) electrons. The van der Waals surface area contributed by atoms with Crippen molar-refractivity contribution in [2.24, 2.45) is 0 Å². The fourth-order valence-electron chi connectivity index (χ4n) is 3.07. The lowest BCUT2D eigenvalue weighted by atomic mass is 10.2. The minimum atomic E-state index is -0.0926. The second kappa shape index (κ2) is 7.63. The van der Waals surface area contributed by atoms with Gasteiger partial charge in [-0.25, -0.2) is 0 Å². The first-order valence-electron chi connectivity index (χ1n) is 8.80. The summed E-state index contributed by atoms with van der Waals surface area (Å²) in [5.74, 6) is 0.671. The van der Waals surface area contributed by atoms with Crippen LogP contribution in [-0.4, -0.2) is 64.8 Å². The van der Waals surface area contributed by atoms with Gasteiger partial charge in [0.15, 0.2) is 11.5 Å². The highest BCUT2D eigenvalue weighted by Crippen LogP contribution is 2.18. The molecule has 1 amide bonds. The monoisotopic (exact) mass is 351 g/mol. The number of amides is 1. The SMILES string of the molecule is O=C(NCCN1CCOCC1)c1ccn2c(-c3ccccc3)nnc2c1. The van der Waals surface area contributed by atoms with E-state index in [2.05, 4.69) is 20.4 Å². The Morgan fingerprint density at radius 2 is 1.92 bits per heavy atom. The molecule has 7 nitrogen and oxygen atoms in total. The third-order valence-corrected chi connectivity index (χ3v) is 4.52. The second-order valence-corrected chi connectivity index (χ2v) is 6.24. The van der Waals surface area contributed by atoms with E-state index < -0.39 is 0 Å². The van der Waals surface area contributed by atoms with Gasteiger partial charge >= 0.3 is 0 Å². The van der Waals surface area contributed by atoms with Crippen LogP contribution in [0.2, 0.25) is 0 Å². The highest BCUT2D eigenvalue weighted by molar-refractivity contribution is 5.95. The van der Waals surface area contributed by atoms with Crippen molar-refractivity contribution in [2.45, 2.75) is 0 Å². The van der Waals surface area contributed by atoms with E-state index in [1.807, 2.05) is 40.9 Å². The summed E-state index contributed by atoms with van der Waals surface area (Å²) in [7, 11) is 0. The lowest BCUT2D eigenvalue weighted by molar-refractivity contribution is 0.0383. The fourth-order valence-corrected chi connectivity index (χ4v) is 3.07. The fraction of sp³-hybridized carbons (Fsp3) is 0.316. The van der Waals surface area contributed by atoms with Gasteiger partial charge in [-0.15, -0.1) is 10.2 Å². The third kappa shape index (κ3) is 3.58. The van der Waals surface area contributed by atoms with Gasteiger partial charge in [-0.3, -0.25) is 14.1 Å². The van der Waals surface area contributed by atoms with Crippen molar-refractivity contribution in [3.8, 4) is 11.4 Å². The summed E-state index contributed by atoms with van der Waals surface area (Å²) in [4.78, 5) is 14.7. The molecule has 0 unspecified atom stereocenters. The average Bonchev–Trinajstić information content (AvgIpc) is 3.12. The Labute approximate surface area is 151 Å². The Hall–Kier alpha value is -2.77. The van der Waals surface area contributed by atoms with Gasteiger partial charge in [0.2, 0.25) is 0 Å². The molecule has 2 aromatic heterocycles. The van der Waals surface area contributed by atoms with Gasteiger partial charge in [0, 0.05) is 43.5 Å². The Balaban J connectivity index is 1.43. The van der Waals surface area contributed by atoms with E-state index >= 15 is 0 Å². The number of morpholine rings is 1. The molecule has 134 valence electrons. The van der Waals surface area contributed by atoms with Crippen LogP contribution in [0.4, 0.5) is 0 Å². The maximum atomic E-state index is 12.4. The summed E-state index contributed by atoms with van der Waals surface area (Å²) >= 11 is 0. The van der Waals surface area contributed by atoms with Crippen LogP contribution in [0.1, 0.15) is 10.4 Å². The molecule has 0 aliphatic carbocycles. The smallest absolute Gasteiger partial charge is 0.251 e. The molecule has 0 bridgehead atoms. The molecule has 7 heteroatoms. The van der Waals surface area contributed by atoms with Gasteiger partial charge < -0.3 is 10.1 Å². The normalized spacial score (nSPS) is 15.2. The Morgan fingerprint density at radius 3 is 2.73 bits per heavy atom. The van der Waals surface area contributed by atoms with Crippen molar-refractivity contribution in [2.75, 3.05) is 39.4 Å². The number of hydrogen-bond donors (Lipinski definition) is 1. The first kappa shape index (κ1) is 16.7. The Bertz CT molecular complexity index is 887. The summed E-state index contributed by atoms with van der Waals surface area (Å²) in [5, 5.41) is 11.4. The molecule has 1 aromatic carbocycles. The molecule has 1 aliphatic heterocycles. The van der Waals surface area contributed by atoms with Gasteiger partial charge in [-0.1, -0.05) is 30.3 Å². The van der Waals surface area contributed by atoms with Gasteiger partial charge in [-0.2, -0.15) is 0 Å². The number of benzene rings is 1. The lowest BCUT2D eigenvalue weighted by Crippen LogP contribution is -2.41. The quantitative estimate of drug-likeness (QED) is 0.753. The molecule has 3 aromatic rings. The molecular weight excluding hydrogens is 330 g/mol. The largest absolute Gasteiger partial charge is 0.379 e. The molecule has 0 atom stereocenters. The number of fused-ring (bicyclic) bond motifs is 1. The van der Waals surface area contributed by atoms with Gasteiger partial charge in [-0.05, 0) is 12.1 Å². The molecule has 1 N–H and O–H groups in total. The van der Waals surface area contributed by atoms with Crippen molar-refractivity contribution < 1.29 is 9.53 Å². The molecule has 0 saturated carbocycles. The van der Waals surface area contributed by atoms with Crippen molar-refractivity contribution in [1.82, 2.24) is 24.8 Å². The van der Waals surface area contributed by atoms with Crippen LogP contribution in [-0.2, 0) is 4.74 Å². The summed E-state index contributed by atoms with van der Waals surface area (Å²) in [6, 6.07) is 13.4. The van der Waals surface area contributed by atoms with E-state index in [0.29, 0.717) is 17.8 Å². The average molecular weight is 351 g/mol. The molecule has 0 spiro atoms. The number of rotatable bonds is 5. The number of hydrogen-bond acceptors (Lipinski definition) is 5. The molecule has 3 heterocycles. The van der Waals surface area contributed by atoms with Crippen LogP contribution in [0.3, 0.4) is 0 Å². The first-order chi connectivity index (χ1) is 12.8. The van der Waals surface area contributed by atoms with Crippen LogP contribution >= 0.6 is 0 Å². The number of pyridine rings is 1. The summed E-state index contributed by atoms with van der Waals surface area (Å²) < 4.78 is 7.22. The topological polar surface area (TPSA) is 71.8 Å². The zero-order valence-electron chi connectivity index (χ0n) is 14.5. The Morgan fingerprint density at radius 1 is 1.12 bits per heavy atom. The van der Waals surface area contributed by atoms with Crippen LogP contribution in [0.15, 0.2) is 48.7 Å². The van der Waals surface area contributed by atoms with E-state index in [0.717, 1.165) is 44.2 Å².